The van der Waals surface area contributed by atoms with Crippen molar-refractivity contribution in [2.24, 2.45) is 0 Å². The maximum absolute atomic E-state index is 11.2. The van der Waals surface area contributed by atoms with Crippen molar-refractivity contribution in [1.29, 1.82) is 0 Å². The molecule has 0 aliphatic rings. The third kappa shape index (κ3) is 5.59. The summed E-state index contributed by atoms with van der Waals surface area (Å²) < 4.78 is 5.05. The Morgan fingerprint density at radius 3 is 2.47 bits per heavy atom. The number of ether oxygens (including phenoxy) is 1. The van der Waals surface area contributed by atoms with Gasteiger partial charge in [0.15, 0.2) is 10.6 Å². The van der Waals surface area contributed by atoms with Gasteiger partial charge in [-0.2, -0.15) is 0 Å². The van der Waals surface area contributed by atoms with Crippen molar-refractivity contribution in [3.05, 3.63) is 29.8 Å². The number of carbonyl (C=O) groups excluding carboxylic acids is 1. The lowest BCUT2D eigenvalue weighted by molar-refractivity contribution is -0.115. The Hall–Kier alpha value is -0.480. The van der Waals surface area contributed by atoms with Gasteiger partial charge in [-0.3, -0.25) is 4.79 Å². The van der Waals surface area contributed by atoms with Gasteiger partial charge in [-0.1, -0.05) is 46.9 Å². The van der Waals surface area contributed by atoms with Crippen LogP contribution in [0.2, 0.25) is 0 Å². The van der Waals surface area contributed by atoms with E-state index in [9.17, 15) is 4.79 Å². The number of carbonyl (C=O) groups is 1. The molecular formula is C11H12Cl3NO2. The molecule has 0 heterocycles. The van der Waals surface area contributed by atoms with E-state index >= 15 is 0 Å². The molecule has 0 fully saturated rings. The van der Waals surface area contributed by atoms with E-state index in [-0.39, 0.29) is 18.4 Å². The summed E-state index contributed by atoms with van der Waals surface area (Å²) in [6, 6.07) is 7.63. The monoisotopic (exact) mass is 295 g/mol. The van der Waals surface area contributed by atoms with Crippen LogP contribution in [0, 0.1) is 0 Å². The second-order valence-electron chi connectivity index (χ2n) is 3.28. The lowest BCUT2D eigenvalue weighted by Gasteiger charge is -2.07. The van der Waals surface area contributed by atoms with Crippen molar-refractivity contribution in [3.8, 4) is 0 Å². The number of halogens is 3. The highest BCUT2D eigenvalue weighted by atomic mass is 35.5. The fourth-order valence-electron chi connectivity index (χ4n) is 1.14. The van der Waals surface area contributed by atoms with Crippen molar-refractivity contribution in [2.45, 2.75) is 11.4 Å². The van der Waals surface area contributed by atoms with Crippen LogP contribution in [-0.4, -0.2) is 23.2 Å². The third-order valence-corrected chi connectivity index (χ3v) is 2.65. The summed E-state index contributed by atoms with van der Waals surface area (Å²) in [4.78, 5) is 10.2. The van der Waals surface area contributed by atoms with Crippen LogP contribution in [0.4, 0.5) is 5.69 Å². The van der Waals surface area contributed by atoms with Crippen LogP contribution in [0.15, 0.2) is 24.3 Å². The molecule has 1 aromatic rings. The molecule has 94 valence electrons. The largest absolute Gasteiger partial charge is 0.378 e. The molecule has 1 aromatic carbocycles. The first kappa shape index (κ1) is 14.6. The Labute approximate surface area is 115 Å². The average Bonchev–Trinajstić information content (AvgIpc) is 2.34. The standard InChI is InChI=1S/C11H12Cl3NO2/c12-7-17-6-8-1-3-9(4-2-8)15-5-10(16)11(13)14/h1-4,11,15H,5-7H2. The topological polar surface area (TPSA) is 38.3 Å². The van der Waals surface area contributed by atoms with Gasteiger partial charge in [0.1, 0.15) is 6.07 Å². The SMILES string of the molecule is O=C(CNc1ccc(COCCl)cc1)C(Cl)Cl. The molecule has 0 radical (unpaired) electrons. The number of alkyl halides is 3. The number of Topliss-reactive ketones (excluding diaryl/α,β-unsaturated/α-hetero) is 1. The van der Waals surface area contributed by atoms with Gasteiger partial charge in [-0.15, -0.1) is 0 Å². The molecule has 0 atom stereocenters. The second-order valence-corrected chi connectivity index (χ2v) is 4.59. The summed E-state index contributed by atoms with van der Waals surface area (Å²) >= 11 is 16.2. The molecule has 1 rings (SSSR count). The van der Waals surface area contributed by atoms with E-state index in [1.54, 1.807) is 0 Å². The van der Waals surface area contributed by atoms with Gasteiger partial charge < -0.3 is 10.1 Å². The van der Waals surface area contributed by atoms with Gasteiger partial charge in [0, 0.05) is 5.69 Å². The predicted molar refractivity (Wildman–Crippen MR) is 70.9 cm³/mol. The number of hydrogen-bond donors (Lipinski definition) is 1. The normalized spacial score (nSPS) is 10.6. The van der Waals surface area contributed by atoms with Crippen molar-refractivity contribution in [3.63, 3.8) is 0 Å². The van der Waals surface area contributed by atoms with E-state index < -0.39 is 4.84 Å². The molecule has 0 unspecified atom stereocenters. The van der Waals surface area contributed by atoms with Crippen LogP contribution in [0.5, 0.6) is 0 Å². The first-order chi connectivity index (χ1) is 8.13. The summed E-state index contributed by atoms with van der Waals surface area (Å²) in [7, 11) is 0. The van der Waals surface area contributed by atoms with Crippen LogP contribution in [0.3, 0.4) is 0 Å². The van der Waals surface area contributed by atoms with Crippen molar-refractivity contribution in [2.75, 3.05) is 17.9 Å². The van der Waals surface area contributed by atoms with Gasteiger partial charge in [-0.05, 0) is 17.7 Å². The van der Waals surface area contributed by atoms with Gasteiger partial charge in [-0.25, -0.2) is 0 Å². The average molecular weight is 297 g/mol. The van der Waals surface area contributed by atoms with Crippen molar-refractivity contribution < 1.29 is 9.53 Å². The number of hydrogen-bond acceptors (Lipinski definition) is 3. The van der Waals surface area contributed by atoms with Crippen LogP contribution in [0.1, 0.15) is 5.56 Å². The molecule has 0 amide bonds. The van der Waals surface area contributed by atoms with Gasteiger partial charge in [0.2, 0.25) is 0 Å². The van der Waals surface area contributed by atoms with Crippen LogP contribution in [-0.2, 0) is 16.1 Å². The van der Waals surface area contributed by atoms with Crippen LogP contribution >= 0.6 is 34.8 Å². The molecule has 0 aliphatic carbocycles. The fourth-order valence-corrected chi connectivity index (χ4v) is 1.37. The molecule has 0 spiro atoms. The number of rotatable bonds is 7. The molecule has 3 nitrogen and oxygen atoms in total. The van der Waals surface area contributed by atoms with Gasteiger partial charge in [0.25, 0.3) is 0 Å². The zero-order chi connectivity index (χ0) is 12.7. The lowest BCUT2D eigenvalue weighted by Crippen LogP contribution is -2.19. The smallest absolute Gasteiger partial charge is 0.184 e. The highest BCUT2D eigenvalue weighted by Crippen LogP contribution is 2.11. The molecule has 0 saturated heterocycles. The number of anilines is 1. The summed E-state index contributed by atoms with van der Waals surface area (Å²) in [5, 5.41) is 2.92. The molecule has 17 heavy (non-hydrogen) atoms. The molecule has 0 saturated carbocycles. The number of benzene rings is 1. The Kier molecular flexibility index (Phi) is 6.66. The third-order valence-electron chi connectivity index (χ3n) is 2.01. The molecule has 0 bridgehead atoms. The summed E-state index contributed by atoms with van der Waals surface area (Å²) in [6.45, 7) is 0.573. The predicted octanol–water partition coefficient (Wildman–Crippen LogP) is 3.18. The van der Waals surface area contributed by atoms with E-state index in [1.165, 1.54) is 0 Å². The van der Waals surface area contributed by atoms with E-state index in [1.807, 2.05) is 24.3 Å². The maximum atomic E-state index is 11.2. The lowest BCUT2D eigenvalue weighted by atomic mass is 10.2. The Bertz CT molecular complexity index is 354. The zero-order valence-corrected chi connectivity index (χ0v) is 11.2. The highest BCUT2D eigenvalue weighted by Gasteiger charge is 2.10. The minimum absolute atomic E-state index is 0.106. The zero-order valence-electron chi connectivity index (χ0n) is 8.96. The van der Waals surface area contributed by atoms with E-state index in [4.69, 9.17) is 39.5 Å². The van der Waals surface area contributed by atoms with Crippen LogP contribution in [0.25, 0.3) is 0 Å². The first-order valence-corrected chi connectivity index (χ1v) is 6.31. The minimum atomic E-state index is -0.987. The fraction of sp³-hybridized carbons (Fsp3) is 0.364. The van der Waals surface area contributed by atoms with Crippen molar-refractivity contribution >= 4 is 46.3 Å². The van der Waals surface area contributed by atoms with Crippen LogP contribution < -0.4 is 5.32 Å². The van der Waals surface area contributed by atoms with E-state index in [2.05, 4.69) is 5.32 Å². The molecule has 0 aromatic heterocycles. The number of ketones is 1. The van der Waals surface area contributed by atoms with Gasteiger partial charge >= 0.3 is 0 Å². The molecule has 6 heteroatoms. The quantitative estimate of drug-likeness (QED) is 0.785. The first-order valence-electron chi connectivity index (χ1n) is 4.91. The van der Waals surface area contributed by atoms with E-state index in [0.29, 0.717) is 6.61 Å². The second kappa shape index (κ2) is 7.77. The minimum Gasteiger partial charge on any atom is -0.378 e. The maximum Gasteiger partial charge on any atom is 0.184 e. The summed E-state index contributed by atoms with van der Waals surface area (Å²) in [5.41, 5.74) is 1.83. The Morgan fingerprint density at radius 1 is 1.29 bits per heavy atom. The van der Waals surface area contributed by atoms with E-state index in [0.717, 1.165) is 11.3 Å². The Balaban J connectivity index is 2.42. The molecular weight excluding hydrogens is 284 g/mol. The molecule has 0 aliphatic heterocycles. The Morgan fingerprint density at radius 2 is 1.94 bits per heavy atom. The summed E-state index contributed by atoms with van der Waals surface area (Å²) in [5.74, 6) is -0.261. The highest BCUT2D eigenvalue weighted by molar-refractivity contribution is 6.54. The van der Waals surface area contributed by atoms with Crippen molar-refractivity contribution in [1.82, 2.24) is 0 Å². The molecule has 1 N–H and O–H groups in total. The number of nitrogens with one attached hydrogen (secondary N) is 1. The van der Waals surface area contributed by atoms with Gasteiger partial charge in [0.05, 0.1) is 13.2 Å². The summed E-state index contributed by atoms with van der Waals surface area (Å²) in [6.07, 6.45) is 0.